The van der Waals surface area contributed by atoms with Crippen LogP contribution in [0, 0.1) is 5.92 Å². The van der Waals surface area contributed by atoms with Gasteiger partial charge in [0.2, 0.25) is 5.91 Å². The molecular weight excluding hydrogens is 302 g/mol. The van der Waals surface area contributed by atoms with Crippen LogP contribution in [-0.2, 0) is 27.8 Å². The Labute approximate surface area is 140 Å². The van der Waals surface area contributed by atoms with Crippen molar-refractivity contribution in [2.24, 2.45) is 5.92 Å². The fourth-order valence-corrected chi connectivity index (χ4v) is 4.12. The maximum Gasteiger partial charge on any atom is 0.307 e. The molecule has 2 aromatic carbocycles. The Morgan fingerprint density at radius 3 is 2.71 bits per heavy atom. The van der Waals surface area contributed by atoms with Gasteiger partial charge in [-0.3, -0.25) is 9.59 Å². The summed E-state index contributed by atoms with van der Waals surface area (Å²) >= 11 is 0. The van der Waals surface area contributed by atoms with E-state index in [1.807, 2.05) is 12.1 Å². The van der Waals surface area contributed by atoms with E-state index < -0.39 is 5.97 Å². The van der Waals surface area contributed by atoms with E-state index in [-0.39, 0.29) is 23.7 Å². The summed E-state index contributed by atoms with van der Waals surface area (Å²) in [6.07, 6.45) is 2.86. The molecule has 2 atom stereocenters. The van der Waals surface area contributed by atoms with Gasteiger partial charge in [-0.15, -0.1) is 0 Å². The quantitative estimate of drug-likeness (QED) is 0.909. The van der Waals surface area contributed by atoms with Gasteiger partial charge < -0.3 is 10.4 Å². The van der Waals surface area contributed by atoms with Crippen LogP contribution in [0.5, 0.6) is 0 Å². The van der Waals surface area contributed by atoms with E-state index >= 15 is 0 Å². The van der Waals surface area contributed by atoms with Gasteiger partial charge in [0.15, 0.2) is 0 Å². The predicted molar refractivity (Wildman–Crippen MR) is 91.0 cm³/mol. The number of hydrogen-bond donors (Lipinski definition) is 2. The summed E-state index contributed by atoms with van der Waals surface area (Å²) in [5.74, 6) is -0.909. The van der Waals surface area contributed by atoms with Crippen LogP contribution in [0.2, 0.25) is 0 Å². The number of para-hydroxylation sites is 1. The number of carbonyl (C=O) groups is 2. The molecule has 2 unspecified atom stereocenters. The molecule has 0 saturated heterocycles. The van der Waals surface area contributed by atoms with Crippen molar-refractivity contribution < 1.29 is 14.7 Å². The Balaban J connectivity index is 1.53. The predicted octanol–water partition coefficient (Wildman–Crippen LogP) is 3.16. The molecule has 1 spiro atoms. The molecular formula is C20H19NO3. The number of carbonyl (C=O) groups excluding carboxylic acids is 1. The highest BCUT2D eigenvalue weighted by molar-refractivity contribution is 5.97. The van der Waals surface area contributed by atoms with Crippen molar-refractivity contribution in [1.29, 1.82) is 0 Å². The van der Waals surface area contributed by atoms with Crippen LogP contribution in [0.25, 0.3) is 0 Å². The molecule has 1 saturated carbocycles. The number of hydrogen-bond acceptors (Lipinski definition) is 2. The molecule has 1 amide bonds. The van der Waals surface area contributed by atoms with Crippen molar-refractivity contribution >= 4 is 17.6 Å². The third kappa shape index (κ3) is 2.39. The lowest BCUT2D eigenvalue weighted by molar-refractivity contribution is -0.136. The van der Waals surface area contributed by atoms with Gasteiger partial charge in [0, 0.05) is 17.0 Å². The number of carboxylic acid groups (broad SMARTS) is 1. The van der Waals surface area contributed by atoms with Crippen molar-refractivity contribution in [3.63, 3.8) is 0 Å². The summed E-state index contributed by atoms with van der Waals surface area (Å²) in [5, 5.41) is 12.0. The van der Waals surface area contributed by atoms with Crippen LogP contribution < -0.4 is 5.32 Å². The lowest BCUT2D eigenvalue weighted by Gasteiger charge is -2.13. The lowest BCUT2D eigenvalue weighted by atomic mass is 9.95. The zero-order valence-corrected chi connectivity index (χ0v) is 13.3. The Morgan fingerprint density at radius 1 is 1.12 bits per heavy atom. The van der Waals surface area contributed by atoms with Crippen LogP contribution in [0.15, 0.2) is 48.5 Å². The van der Waals surface area contributed by atoms with E-state index in [0.717, 1.165) is 19.3 Å². The average Bonchev–Trinajstić information content (AvgIpc) is 3.19. The molecule has 0 heterocycles. The minimum Gasteiger partial charge on any atom is -0.481 e. The zero-order valence-electron chi connectivity index (χ0n) is 13.3. The zero-order chi connectivity index (χ0) is 16.7. The highest BCUT2D eigenvalue weighted by Crippen LogP contribution is 2.61. The van der Waals surface area contributed by atoms with E-state index in [4.69, 9.17) is 5.11 Å². The maximum absolute atomic E-state index is 12.7. The van der Waals surface area contributed by atoms with Gasteiger partial charge >= 0.3 is 5.97 Å². The first-order chi connectivity index (χ1) is 11.6. The van der Waals surface area contributed by atoms with Crippen molar-refractivity contribution in [2.75, 3.05) is 5.32 Å². The number of rotatable bonds is 4. The first-order valence-electron chi connectivity index (χ1n) is 8.29. The Hall–Kier alpha value is -2.62. The van der Waals surface area contributed by atoms with Crippen molar-refractivity contribution in [3.8, 4) is 0 Å². The molecule has 122 valence electrons. The number of nitrogens with one attached hydrogen (secondary N) is 1. The fraction of sp³-hybridized carbons (Fsp3) is 0.300. The minimum absolute atomic E-state index is 0.00240. The summed E-state index contributed by atoms with van der Waals surface area (Å²) in [6, 6.07) is 15.5. The molecule has 4 rings (SSSR count). The second kappa shape index (κ2) is 5.48. The SMILES string of the molecule is O=C(O)Cc1ccccc1NC(=O)C1CC12CCc1ccccc12. The van der Waals surface area contributed by atoms with Gasteiger partial charge in [-0.1, -0.05) is 42.5 Å². The second-order valence-electron chi connectivity index (χ2n) is 6.79. The molecule has 2 aromatic rings. The fourth-order valence-electron chi connectivity index (χ4n) is 4.12. The third-order valence-corrected chi connectivity index (χ3v) is 5.40. The van der Waals surface area contributed by atoms with Gasteiger partial charge in [-0.25, -0.2) is 0 Å². The van der Waals surface area contributed by atoms with Gasteiger partial charge in [0.05, 0.1) is 6.42 Å². The molecule has 4 nitrogen and oxygen atoms in total. The average molecular weight is 321 g/mol. The van der Waals surface area contributed by atoms with Crippen LogP contribution >= 0.6 is 0 Å². The molecule has 0 radical (unpaired) electrons. The Morgan fingerprint density at radius 2 is 1.88 bits per heavy atom. The summed E-state index contributed by atoms with van der Waals surface area (Å²) < 4.78 is 0. The van der Waals surface area contributed by atoms with Gasteiger partial charge in [0.25, 0.3) is 0 Å². The second-order valence-corrected chi connectivity index (χ2v) is 6.79. The van der Waals surface area contributed by atoms with Crippen molar-refractivity contribution in [2.45, 2.75) is 31.1 Å². The molecule has 1 fully saturated rings. The van der Waals surface area contributed by atoms with E-state index in [0.29, 0.717) is 11.3 Å². The van der Waals surface area contributed by atoms with E-state index in [1.165, 1.54) is 11.1 Å². The van der Waals surface area contributed by atoms with Crippen LogP contribution in [0.3, 0.4) is 0 Å². The van der Waals surface area contributed by atoms with E-state index in [2.05, 4.69) is 23.5 Å². The van der Waals surface area contributed by atoms with Gasteiger partial charge in [-0.05, 0) is 42.0 Å². The summed E-state index contributed by atoms with van der Waals surface area (Å²) in [5.41, 5.74) is 3.93. The van der Waals surface area contributed by atoms with Crippen LogP contribution in [-0.4, -0.2) is 17.0 Å². The number of aliphatic carboxylic acids is 1. The number of aryl methyl sites for hydroxylation is 1. The van der Waals surface area contributed by atoms with E-state index in [9.17, 15) is 9.59 Å². The van der Waals surface area contributed by atoms with Gasteiger partial charge in [-0.2, -0.15) is 0 Å². The monoisotopic (exact) mass is 321 g/mol. The molecule has 4 heteroatoms. The summed E-state index contributed by atoms with van der Waals surface area (Å²) in [7, 11) is 0. The first kappa shape index (κ1) is 14.9. The third-order valence-electron chi connectivity index (χ3n) is 5.40. The summed E-state index contributed by atoms with van der Waals surface area (Å²) in [6.45, 7) is 0. The van der Waals surface area contributed by atoms with Crippen molar-refractivity contribution in [1.82, 2.24) is 0 Å². The number of carboxylic acids is 1. The topological polar surface area (TPSA) is 66.4 Å². The molecule has 0 aliphatic heterocycles. The molecule has 2 N–H and O–H groups in total. The largest absolute Gasteiger partial charge is 0.481 e. The maximum atomic E-state index is 12.7. The smallest absolute Gasteiger partial charge is 0.307 e. The first-order valence-corrected chi connectivity index (χ1v) is 8.29. The number of fused-ring (bicyclic) bond motifs is 2. The molecule has 2 aliphatic carbocycles. The van der Waals surface area contributed by atoms with Crippen LogP contribution in [0.4, 0.5) is 5.69 Å². The minimum atomic E-state index is -0.899. The number of benzene rings is 2. The molecule has 0 bridgehead atoms. The molecule has 2 aliphatic rings. The van der Waals surface area contributed by atoms with Crippen LogP contribution in [0.1, 0.15) is 29.5 Å². The molecule has 24 heavy (non-hydrogen) atoms. The highest BCUT2D eigenvalue weighted by Gasteiger charge is 2.61. The molecule has 0 aromatic heterocycles. The van der Waals surface area contributed by atoms with Gasteiger partial charge in [0.1, 0.15) is 0 Å². The normalized spacial score (nSPS) is 23.8. The lowest BCUT2D eigenvalue weighted by Crippen LogP contribution is -2.20. The van der Waals surface area contributed by atoms with E-state index in [1.54, 1.807) is 18.2 Å². The number of amides is 1. The summed E-state index contributed by atoms with van der Waals surface area (Å²) in [4.78, 5) is 23.7. The Kier molecular flexibility index (Phi) is 3.41. The standard InChI is InChI=1S/C20H19NO3/c22-18(23)11-14-6-2-4-8-17(14)21-19(24)16-12-20(16)10-9-13-5-1-3-7-15(13)20/h1-8,16H,9-12H2,(H,21,24)(H,22,23). The number of anilines is 1. The highest BCUT2D eigenvalue weighted by atomic mass is 16.4. The Bertz CT molecular complexity index is 829. The van der Waals surface area contributed by atoms with Crippen molar-refractivity contribution in [3.05, 3.63) is 65.2 Å².